The predicted octanol–water partition coefficient (Wildman–Crippen LogP) is 3.42. The van der Waals surface area contributed by atoms with Crippen LogP contribution in [0.1, 0.15) is 31.9 Å². The van der Waals surface area contributed by atoms with E-state index in [-0.39, 0.29) is 5.89 Å². The van der Waals surface area contributed by atoms with Crippen molar-refractivity contribution in [3.05, 3.63) is 17.8 Å². The Balaban J connectivity index is 0.000000424. The van der Waals surface area contributed by atoms with Crippen LogP contribution in [0.5, 0.6) is 0 Å². The van der Waals surface area contributed by atoms with Crippen molar-refractivity contribution in [2.45, 2.75) is 33.4 Å². The summed E-state index contributed by atoms with van der Waals surface area (Å²) in [5.41, 5.74) is -0.981. The number of hydrogen-bond acceptors (Lipinski definition) is 2. The first-order valence-electron chi connectivity index (χ1n) is 3.91. The number of oxazole rings is 1. The zero-order valence-electron chi connectivity index (χ0n) is 7.77. The zero-order valence-corrected chi connectivity index (χ0v) is 7.77. The van der Waals surface area contributed by atoms with Gasteiger partial charge in [-0.3, -0.25) is 0 Å². The van der Waals surface area contributed by atoms with Crippen molar-refractivity contribution in [3.63, 3.8) is 0 Å². The van der Waals surface area contributed by atoms with Crippen LogP contribution in [0.15, 0.2) is 10.7 Å². The smallest absolute Gasteiger partial charge is 0.436 e. The summed E-state index contributed by atoms with van der Waals surface area (Å²) in [6, 6.07) is 0. The highest BCUT2D eigenvalue weighted by molar-refractivity contribution is 4.99. The van der Waals surface area contributed by atoms with E-state index in [0.717, 1.165) is 0 Å². The molecule has 0 spiro atoms. The third-order valence-electron chi connectivity index (χ3n) is 0.909. The Kier molecular flexibility index (Phi) is 4.51. The molecule has 0 aliphatic rings. The molecule has 0 N–H and O–H groups in total. The normalized spacial score (nSPS) is 10.6. The second kappa shape index (κ2) is 4.89. The Labute approximate surface area is 74.8 Å². The molecule has 5 heteroatoms. The first-order chi connectivity index (χ1) is 5.91. The highest BCUT2D eigenvalue weighted by Crippen LogP contribution is 2.27. The van der Waals surface area contributed by atoms with Gasteiger partial charge in [0.1, 0.15) is 6.26 Å². The predicted molar refractivity (Wildman–Crippen MR) is 42.2 cm³/mol. The molecule has 1 aromatic rings. The van der Waals surface area contributed by atoms with Crippen LogP contribution in [0, 0.1) is 6.92 Å². The maximum atomic E-state index is 11.7. The SMILES string of the molecule is CCC.Cc1nc(C(F)(F)F)co1. The quantitative estimate of drug-likeness (QED) is 0.633. The maximum Gasteiger partial charge on any atom is 0.436 e. The molecular formula is C8H12F3NO. The number of halogens is 3. The summed E-state index contributed by atoms with van der Waals surface area (Å²) >= 11 is 0. The zero-order chi connectivity index (χ0) is 10.5. The van der Waals surface area contributed by atoms with Crippen molar-refractivity contribution in [2.75, 3.05) is 0 Å². The van der Waals surface area contributed by atoms with Gasteiger partial charge in [-0.25, -0.2) is 4.98 Å². The minimum absolute atomic E-state index is 0.0207. The lowest BCUT2D eigenvalue weighted by Crippen LogP contribution is -2.04. The van der Waals surface area contributed by atoms with Gasteiger partial charge in [0, 0.05) is 6.92 Å². The van der Waals surface area contributed by atoms with E-state index >= 15 is 0 Å². The Hall–Kier alpha value is -1.00. The largest absolute Gasteiger partial charge is 0.449 e. The second-order valence-corrected chi connectivity index (χ2v) is 2.46. The van der Waals surface area contributed by atoms with Gasteiger partial charge in [-0.2, -0.15) is 13.2 Å². The molecule has 0 bridgehead atoms. The Morgan fingerprint density at radius 3 is 2.00 bits per heavy atom. The summed E-state index contributed by atoms with van der Waals surface area (Å²) in [6.45, 7) is 5.61. The van der Waals surface area contributed by atoms with E-state index in [1.54, 1.807) is 0 Å². The van der Waals surface area contributed by atoms with E-state index in [9.17, 15) is 13.2 Å². The van der Waals surface area contributed by atoms with Gasteiger partial charge in [0.2, 0.25) is 0 Å². The molecule has 76 valence electrons. The van der Waals surface area contributed by atoms with Crippen LogP contribution in [0.4, 0.5) is 13.2 Å². The monoisotopic (exact) mass is 195 g/mol. The molecule has 0 radical (unpaired) electrons. The van der Waals surface area contributed by atoms with E-state index in [2.05, 4.69) is 23.2 Å². The minimum Gasteiger partial charge on any atom is -0.449 e. The fourth-order valence-electron chi connectivity index (χ4n) is 0.494. The third-order valence-corrected chi connectivity index (χ3v) is 0.909. The topological polar surface area (TPSA) is 26.0 Å². The van der Waals surface area contributed by atoms with Crippen molar-refractivity contribution < 1.29 is 17.6 Å². The molecule has 0 fully saturated rings. The standard InChI is InChI=1S/C5H4F3NO.C3H8/c1-3-9-4(2-10-3)5(6,7)8;1-3-2/h2H,1H3;3H2,1-2H3. The average molecular weight is 195 g/mol. The van der Waals surface area contributed by atoms with E-state index in [0.29, 0.717) is 6.26 Å². The van der Waals surface area contributed by atoms with E-state index in [1.807, 2.05) is 0 Å². The number of nitrogens with zero attached hydrogens (tertiary/aromatic N) is 1. The molecule has 1 rings (SSSR count). The molecule has 13 heavy (non-hydrogen) atoms. The van der Waals surface area contributed by atoms with Crippen LogP contribution < -0.4 is 0 Å². The van der Waals surface area contributed by atoms with Crippen molar-refractivity contribution in [1.82, 2.24) is 4.98 Å². The van der Waals surface area contributed by atoms with Crippen LogP contribution in [0.25, 0.3) is 0 Å². The van der Waals surface area contributed by atoms with Crippen LogP contribution >= 0.6 is 0 Å². The lowest BCUT2D eigenvalue weighted by molar-refractivity contribution is -0.141. The first-order valence-corrected chi connectivity index (χ1v) is 3.91. The Morgan fingerprint density at radius 1 is 1.38 bits per heavy atom. The number of aromatic nitrogens is 1. The summed E-state index contributed by atoms with van der Waals surface area (Å²) in [5.74, 6) is 0.0207. The molecule has 0 saturated heterocycles. The van der Waals surface area contributed by atoms with Gasteiger partial charge in [0.15, 0.2) is 11.6 Å². The summed E-state index contributed by atoms with van der Waals surface area (Å²) < 4.78 is 39.4. The second-order valence-electron chi connectivity index (χ2n) is 2.46. The lowest BCUT2D eigenvalue weighted by Gasteiger charge is -1.97. The molecule has 0 amide bonds. The van der Waals surface area contributed by atoms with E-state index in [1.165, 1.54) is 13.3 Å². The van der Waals surface area contributed by atoms with Crippen molar-refractivity contribution >= 4 is 0 Å². The highest BCUT2D eigenvalue weighted by atomic mass is 19.4. The van der Waals surface area contributed by atoms with Gasteiger partial charge in [0.05, 0.1) is 0 Å². The summed E-state index contributed by atoms with van der Waals surface area (Å²) in [5, 5.41) is 0. The Morgan fingerprint density at radius 2 is 1.85 bits per heavy atom. The first kappa shape index (κ1) is 12.0. The lowest BCUT2D eigenvalue weighted by atomic mass is 10.5. The number of alkyl halides is 3. The van der Waals surface area contributed by atoms with Gasteiger partial charge >= 0.3 is 6.18 Å². The summed E-state index contributed by atoms with van der Waals surface area (Å²) in [7, 11) is 0. The summed E-state index contributed by atoms with van der Waals surface area (Å²) in [6.07, 6.45) is -2.55. The van der Waals surface area contributed by atoms with Gasteiger partial charge in [0.25, 0.3) is 0 Å². The number of rotatable bonds is 0. The van der Waals surface area contributed by atoms with Gasteiger partial charge in [-0.1, -0.05) is 20.3 Å². The Bertz CT molecular complexity index is 242. The molecule has 0 atom stereocenters. The van der Waals surface area contributed by atoms with Crippen LogP contribution in [-0.2, 0) is 6.18 Å². The van der Waals surface area contributed by atoms with Gasteiger partial charge in [-0.05, 0) is 0 Å². The molecule has 0 aliphatic carbocycles. The minimum atomic E-state index is -4.39. The van der Waals surface area contributed by atoms with Crippen molar-refractivity contribution in [1.29, 1.82) is 0 Å². The average Bonchev–Trinajstić information content (AvgIpc) is 2.35. The van der Waals surface area contributed by atoms with Crippen LogP contribution in [-0.4, -0.2) is 4.98 Å². The molecule has 1 aromatic heterocycles. The number of aryl methyl sites for hydroxylation is 1. The maximum absolute atomic E-state index is 11.7. The highest BCUT2D eigenvalue weighted by Gasteiger charge is 2.34. The van der Waals surface area contributed by atoms with E-state index in [4.69, 9.17) is 0 Å². The molecule has 2 nitrogen and oxygen atoms in total. The third kappa shape index (κ3) is 4.55. The van der Waals surface area contributed by atoms with Gasteiger partial charge in [-0.15, -0.1) is 0 Å². The fraction of sp³-hybridized carbons (Fsp3) is 0.625. The summed E-state index contributed by atoms with van der Waals surface area (Å²) in [4.78, 5) is 3.09. The molecule has 0 saturated carbocycles. The molecule has 0 aromatic carbocycles. The molecular weight excluding hydrogens is 183 g/mol. The van der Waals surface area contributed by atoms with E-state index < -0.39 is 11.9 Å². The van der Waals surface area contributed by atoms with Crippen molar-refractivity contribution in [3.8, 4) is 0 Å². The molecule has 0 unspecified atom stereocenters. The van der Waals surface area contributed by atoms with Gasteiger partial charge < -0.3 is 4.42 Å². The number of hydrogen-bond donors (Lipinski definition) is 0. The van der Waals surface area contributed by atoms with Crippen LogP contribution in [0.3, 0.4) is 0 Å². The molecule has 1 heterocycles. The van der Waals surface area contributed by atoms with Crippen molar-refractivity contribution in [2.24, 2.45) is 0 Å². The molecule has 0 aliphatic heterocycles. The van der Waals surface area contributed by atoms with Crippen LogP contribution in [0.2, 0.25) is 0 Å². The fourth-order valence-corrected chi connectivity index (χ4v) is 0.494.